The fourth-order valence-corrected chi connectivity index (χ4v) is 5.32. The molecule has 0 radical (unpaired) electrons. The highest BCUT2D eigenvalue weighted by Gasteiger charge is 2.38. The van der Waals surface area contributed by atoms with Crippen molar-refractivity contribution in [2.45, 2.75) is 49.7 Å². The smallest absolute Gasteiger partial charge is 0.353 e. The number of carbonyl (C=O) groups is 1. The first kappa shape index (κ1) is 24.3. The van der Waals surface area contributed by atoms with E-state index in [1.165, 1.54) is 17.7 Å². The molecule has 2 aromatic rings. The first-order chi connectivity index (χ1) is 16.0. The van der Waals surface area contributed by atoms with Crippen LogP contribution in [0.25, 0.3) is 0 Å². The van der Waals surface area contributed by atoms with Crippen LogP contribution in [0.2, 0.25) is 0 Å². The lowest BCUT2D eigenvalue weighted by Crippen LogP contribution is -2.56. The van der Waals surface area contributed by atoms with Gasteiger partial charge in [-0.3, -0.25) is 9.35 Å². The minimum atomic E-state index is -4.63. The molecule has 2 aliphatic rings. The number of amides is 1. The third kappa shape index (κ3) is 5.44. The molecule has 1 aliphatic heterocycles. The molecule has 0 aromatic heterocycles. The van der Waals surface area contributed by atoms with Gasteiger partial charge in [0.25, 0.3) is 5.91 Å². The van der Waals surface area contributed by atoms with Crippen LogP contribution in [0.4, 0.5) is 13.2 Å². The van der Waals surface area contributed by atoms with E-state index in [-0.39, 0.29) is 23.5 Å². The zero-order valence-electron chi connectivity index (χ0n) is 18.2. The molecule has 1 atom stereocenters. The van der Waals surface area contributed by atoms with Crippen molar-refractivity contribution < 1.29 is 30.9 Å². The quantitative estimate of drug-likeness (QED) is 0.537. The summed E-state index contributed by atoms with van der Waals surface area (Å²) in [5, 5.41) is 4.96. The van der Waals surface area contributed by atoms with Gasteiger partial charge in [0.1, 0.15) is 0 Å². The van der Waals surface area contributed by atoms with Crippen molar-refractivity contribution in [3.63, 3.8) is 0 Å². The molecule has 10 heteroatoms. The number of hydrogen-bond donors (Lipinski definition) is 3. The Bertz CT molecular complexity index is 1190. The number of allylic oxidation sites excluding steroid dienone is 1. The fourth-order valence-electron chi connectivity index (χ4n) is 4.78. The molecule has 182 valence electrons. The maximum atomic E-state index is 13.2. The topological polar surface area (TPSA) is 95.5 Å². The molecule has 1 unspecified atom stereocenters. The highest BCUT2D eigenvalue weighted by molar-refractivity contribution is 7.86. The molecular weight excluding hydrogens is 469 g/mol. The van der Waals surface area contributed by atoms with E-state index in [0.717, 1.165) is 25.0 Å². The van der Waals surface area contributed by atoms with E-state index in [9.17, 15) is 30.9 Å². The van der Waals surface area contributed by atoms with Gasteiger partial charge in [0.2, 0.25) is 5.50 Å². The van der Waals surface area contributed by atoms with Gasteiger partial charge < -0.3 is 10.6 Å². The monoisotopic (exact) mass is 494 g/mol. The van der Waals surface area contributed by atoms with Crippen molar-refractivity contribution in [2.24, 2.45) is 5.92 Å². The summed E-state index contributed by atoms with van der Waals surface area (Å²) in [5.74, 6) is -0.574. The van der Waals surface area contributed by atoms with E-state index in [0.29, 0.717) is 24.5 Å². The maximum absolute atomic E-state index is 13.2. The van der Waals surface area contributed by atoms with Crippen LogP contribution in [0.15, 0.2) is 65.9 Å². The average Bonchev–Trinajstić information content (AvgIpc) is 2.80. The number of alkyl halides is 3. The number of carbonyl (C=O) groups excluding carboxylic acids is 1. The van der Waals surface area contributed by atoms with Gasteiger partial charge in [-0.25, -0.2) is 0 Å². The molecule has 1 saturated carbocycles. The SMILES string of the molecule is O=C1NC(S(=O)(=O)O)NC(C2CCC(c3ccccc3)CC2)=C1Cc1cccc(C(F)(F)F)c1. The summed E-state index contributed by atoms with van der Waals surface area (Å²) in [6.45, 7) is 0. The van der Waals surface area contributed by atoms with Crippen LogP contribution in [0.1, 0.15) is 48.3 Å². The highest BCUT2D eigenvalue weighted by Crippen LogP contribution is 2.40. The molecule has 1 fully saturated rings. The molecule has 1 aliphatic carbocycles. The van der Waals surface area contributed by atoms with Crippen LogP contribution in [0.3, 0.4) is 0 Å². The number of halogens is 3. The van der Waals surface area contributed by atoms with Crippen molar-refractivity contribution in [3.05, 3.63) is 82.6 Å². The van der Waals surface area contributed by atoms with Crippen LogP contribution < -0.4 is 10.6 Å². The summed E-state index contributed by atoms with van der Waals surface area (Å²) in [5.41, 5.74) is -0.480. The third-order valence-corrected chi connectivity index (χ3v) is 7.32. The number of nitrogens with one attached hydrogen (secondary N) is 2. The number of rotatable bonds is 5. The summed E-state index contributed by atoms with van der Waals surface area (Å²) >= 11 is 0. The first-order valence-electron chi connectivity index (χ1n) is 11.0. The van der Waals surface area contributed by atoms with E-state index in [1.54, 1.807) is 0 Å². The predicted molar refractivity (Wildman–Crippen MR) is 120 cm³/mol. The minimum Gasteiger partial charge on any atom is -0.353 e. The highest BCUT2D eigenvalue weighted by atomic mass is 32.2. The Morgan fingerprint density at radius 1 is 0.912 bits per heavy atom. The van der Waals surface area contributed by atoms with Gasteiger partial charge in [0.05, 0.1) is 5.56 Å². The molecule has 34 heavy (non-hydrogen) atoms. The van der Waals surface area contributed by atoms with E-state index in [1.807, 2.05) is 18.2 Å². The summed E-state index contributed by atoms with van der Waals surface area (Å²) in [6.07, 6.45) is -1.66. The Labute approximate surface area is 196 Å². The minimum absolute atomic E-state index is 0.102. The second kappa shape index (κ2) is 9.42. The molecule has 3 N–H and O–H groups in total. The molecule has 6 nitrogen and oxygen atoms in total. The van der Waals surface area contributed by atoms with Gasteiger partial charge in [-0.05, 0) is 54.7 Å². The van der Waals surface area contributed by atoms with Crippen LogP contribution in [0, 0.1) is 5.92 Å². The van der Waals surface area contributed by atoms with Gasteiger partial charge in [-0.1, -0.05) is 48.5 Å². The Morgan fingerprint density at radius 2 is 1.56 bits per heavy atom. The van der Waals surface area contributed by atoms with Crippen molar-refractivity contribution in [3.8, 4) is 0 Å². The van der Waals surface area contributed by atoms with Gasteiger partial charge in [0, 0.05) is 17.7 Å². The lowest BCUT2D eigenvalue weighted by atomic mass is 9.76. The van der Waals surface area contributed by atoms with Crippen molar-refractivity contribution in [1.82, 2.24) is 10.6 Å². The van der Waals surface area contributed by atoms with E-state index in [2.05, 4.69) is 22.8 Å². The van der Waals surface area contributed by atoms with Crippen molar-refractivity contribution in [2.75, 3.05) is 0 Å². The summed E-state index contributed by atoms with van der Waals surface area (Å²) in [4.78, 5) is 12.9. The summed E-state index contributed by atoms with van der Waals surface area (Å²) in [7, 11) is -4.63. The summed E-state index contributed by atoms with van der Waals surface area (Å²) < 4.78 is 72.5. The number of benzene rings is 2. The molecule has 2 aromatic carbocycles. The summed E-state index contributed by atoms with van der Waals surface area (Å²) in [6, 6.07) is 14.7. The van der Waals surface area contributed by atoms with Crippen LogP contribution in [-0.4, -0.2) is 24.4 Å². The molecule has 1 amide bonds. The van der Waals surface area contributed by atoms with Crippen molar-refractivity contribution in [1.29, 1.82) is 0 Å². The third-order valence-electron chi connectivity index (χ3n) is 6.49. The van der Waals surface area contributed by atoms with Crippen molar-refractivity contribution >= 4 is 16.0 Å². The second-order valence-electron chi connectivity index (χ2n) is 8.74. The first-order valence-corrected chi connectivity index (χ1v) is 12.5. The van der Waals surface area contributed by atoms with Gasteiger partial charge >= 0.3 is 16.3 Å². The molecule has 0 spiro atoms. The normalized spacial score (nSPS) is 23.9. The Kier molecular flexibility index (Phi) is 6.73. The molecular formula is C24H25F3N2O4S. The Morgan fingerprint density at radius 3 is 2.18 bits per heavy atom. The largest absolute Gasteiger partial charge is 0.416 e. The zero-order valence-corrected chi connectivity index (χ0v) is 19.0. The second-order valence-corrected chi connectivity index (χ2v) is 10.2. The Hall–Kier alpha value is -2.85. The maximum Gasteiger partial charge on any atom is 0.416 e. The standard InChI is InChI=1S/C24H25F3N2O4S/c25-24(26,27)19-8-4-5-15(13-19)14-20-21(28-23(29-22(20)30)34(31,32)33)18-11-9-17(10-12-18)16-6-2-1-3-7-16/h1-8,13,17-18,23,28H,9-12,14H2,(H,29,30)(H,31,32,33). The molecule has 0 bridgehead atoms. The van der Waals surface area contributed by atoms with Gasteiger partial charge in [0.15, 0.2) is 0 Å². The average molecular weight is 495 g/mol. The van der Waals surface area contributed by atoms with E-state index in [4.69, 9.17) is 0 Å². The van der Waals surface area contributed by atoms with Crippen LogP contribution in [0.5, 0.6) is 0 Å². The van der Waals surface area contributed by atoms with Crippen LogP contribution in [-0.2, 0) is 27.5 Å². The van der Waals surface area contributed by atoms with Crippen LogP contribution >= 0.6 is 0 Å². The van der Waals surface area contributed by atoms with Gasteiger partial charge in [-0.15, -0.1) is 0 Å². The molecule has 1 heterocycles. The lowest BCUT2D eigenvalue weighted by molar-refractivity contribution is -0.137. The molecule has 0 saturated heterocycles. The lowest BCUT2D eigenvalue weighted by Gasteiger charge is -2.36. The van der Waals surface area contributed by atoms with E-state index >= 15 is 0 Å². The Balaban J connectivity index is 1.63. The molecule has 4 rings (SSSR count). The van der Waals surface area contributed by atoms with Gasteiger partial charge in [-0.2, -0.15) is 21.6 Å². The predicted octanol–water partition coefficient (Wildman–Crippen LogP) is 4.37. The fraction of sp³-hybridized carbons (Fsp3) is 0.375. The zero-order chi connectivity index (χ0) is 24.5. The van der Waals surface area contributed by atoms with E-state index < -0.39 is 33.3 Å². The number of hydrogen-bond acceptors (Lipinski definition) is 4.